The van der Waals surface area contributed by atoms with Crippen molar-refractivity contribution in [1.82, 2.24) is 9.97 Å². The molecule has 0 aliphatic carbocycles. The molecule has 0 saturated heterocycles. The number of ether oxygens (including phenoxy) is 2. The summed E-state index contributed by atoms with van der Waals surface area (Å²) in [5, 5.41) is 0.928. The van der Waals surface area contributed by atoms with Gasteiger partial charge in [0.25, 0.3) is 0 Å². The Bertz CT molecular complexity index is 544. The lowest BCUT2D eigenvalue weighted by Gasteiger charge is -2.07. The molecule has 2 aromatic rings. The summed E-state index contributed by atoms with van der Waals surface area (Å²) in [4.78, 5) is 10.7. The molecule has 19 heavy (non-hydrogen) atoms. The highest BCUT2D eigenvalue weighted by Crippen LogP contribution is 2.31. The lowest BCUT2D eigenvalue weighted by molar-refractivity contribution is 0.109. The molecule has 0 bridgehead atoms. The zero-order chi connectivity index (χ0) is 13.7. The summed E-state index contributed by atoms with van der Waals surface area (Å²) >= 11 is 1.63. The van der Waals surface area contributed by atoms with E-state index in [1.165, 1.54) is 4.88 Å². The van der Waals surface area contributed by atoms with Gasteiger partial charge in [-0.25, -0.2) is 10.8 Å². The van der Waals surface area contributed by atoms with E-state index in [1.807, 2.05) is 6.92 Å². The highest BCUT2D eigenvalue weighted by atomic mass is 32.1. The van der Waals surface area contributed by atoms with Gasteiger partial charge in [-0.3, -0.25) is 5.43 Å². The van der Waals surface area contributed by atoms with E-state index >= 15 is 0 Å². The van der Waals surface area contributed by atoms with Gasteiger partial charge in [0.2, 0.25) is 11.8 Å². The second-order valence-electron chi connectivity index (χ2n) is 3.83. The van der Waals surface area contributed by atoms with E-state index in [2.05, 4.69) is 28.4 Å². The Kier molecular flexibility index (Phi) is 4.89. The molecule has 0 radical (unpaired) electrons. The number of hydrogen-bond acceptors (Lipinski definition) is 7. The summed E-state index contributed by atoms with van der Waals surface area (Å²) in [6, 6.07) is 2.07. The summed E-state index contributed by atoms with van der Waals surface area (Å²) in [7, 11) is 0. The largest absolute Gasteiger partial charge is 0.475 e. The van der Waals surface area contributed by atoms with Crippen LogP contribution in [0, 0.1) is 0 Å². The van der Waals surface area contributed by atoms with Crippen LogP contribution in [0.5, 0.6) is 5.88 Å². The van der Waals surface area contributed by atoms with Crippen molar-refractivity contribution >= 4 is 27.5 Å². The topological polar surface area (TPSA) is 82.3 Å². The second kappa shape index (κ2) is 6.65. The predicted octanol–water partition coefficient (Wildman–Crippen LogP) is 1.95. The third kappa shape index (κ3) is 3.31. The number of hydrogen-bond donors (Lipinski definition) is 2. The number of nitrogens with two attached hydrogens (primary N) is 1. The maximum Gasteiger partial charge on any atom is 0.241 e. The molecule has 0 fully saturated rings. The molecule has 0 spiro atoms. The van der Waals surface area contributed by atoms with E-state index in [0.29, 0.717) is 31.6 Å². The van der Waals surface area contributed by atoms with Crippen LogP contribution in [0.4, 0.5) is 5.95 Å². The van der Waals surface area contributed by atoms with Crippen LogP contribution >= 0.6 is 11.3 Å². The van der Waals surface area contributed by atoms with Gasteiger partial charge < -0.3 is 9.47 Å². The van der Waals surface area contributed by atoms with Crippen LogP contribution in [-0.4, -0.2) is 29.8 Å². The smallest absolute Gasteiger partial charge is 0.241 e. The summed E-state index contributed by atoms with van der Waals surface area (Å²) in [6.07, 6.45) is 0.963. The number of hydrazine groups is 1. The number of nitrogen functional groups attached to an aromatic ring is 1. The van der Waals surface area contributed by atoms with Gasteiger partial charge in [-0.2, -0.15) is 4.98 Å². The van der Waals surface area contributed by atoms with Crippen molar-refractivity contribution in [3.63, 3.8) is 0 Å². The Balaban J connectivity index is 2.25. The van der Waals surface area contributed by atoms with Gasteiger partial charge in [0, 0.05) is 11.5 Å². The lowest BCUT2D eigenvalue weighted by atomic mass is 10.3. The van der Waals surface area contributed by atoms with Crippen LogP contribution in [0.15, 0.2) is 6.07 Å². The normalized spacial score (nSPS) is 10.9. The SMILES string of the molecule is CCOCCOc1nc(NN)nc2sc(CC)cc12. The number of rotatable bonds is 7. The molecule has 7 heteroatoms. The fraction of sp³-hybridized carbons (Fsp3) is 0.500. The molecule has 0 unspecified atom stereocenters. The Morgan fingerprint density at radius 3 is 2.84 bits per heavy atom. The maximum absolute atomic E-state index is 5.66. The average molecular weight is 282 g/mol. The van der Waals surface area contributed by atoms with Gasteiger partial charge in [-0.1, -0.05) is 6.92 Å². The lowest BCUT2D eigenvalue weighted by Crippen LogP contribution is -2.12. The first-order valence-corrected chi connectivity index (χ1v) is 7.07. The van der Waals surface area contributed by atoms with E-state index in [1.54, 1.807) is 11.3 Å². The zero-order valence-corrected chi connectivity index (χ0v) is 11.9. The van der Waals surface area contributed by atoms with E-state index in [-0.39, 0.29) is 0 Å². The summed E-state index contributed by atoms with van der Waals surface area (Å²) in [5.74, 6) is 6.29. The van der Waals surface area contributed by atoms with Crippen molar-refractivity contribution in [3.8, 4) is 5.88 Å². The number of anilines is 1. The predicted molar refractivity (Wildman–Crippen MR) is 76.6 cm³/mol. The van der Waals surface area contributed by atoms with Crippen molar-refractivity contribution in [1.29, 1.82) is 0 Å². The van der Waals surface area contributed by atoms with Gasteiger partial charge in [0.05, 0.1) is 12.0 Å². The molecular formula is C12H18N4O2S. The third-order valence-electron chi connectivity index (χ3n) is 2.56. The fourth-order valence-corrected chi connectivity index (χ4v) is 2.59. The van der Waals surface area contributed by atoms with Crippen molar-refractivity contribution < 1.29 is 9.47 Å². The Morgan fingerprint density at radius 1 is 1.32 bits per heavy atom. The van der Waals surface area contributed by atoms with Gasteiger partial charge in [-0.15, -0.1) is 11.3 Å². The highest BCUT2D eigenvalue weighted by molar-refractivity contribution is 7.18. The van der Waals surface area contributed by atoms with Crippen LogP contribution in [0.2, 0.25) is 0 Å². The minimum absolute atomic E-state index is 0.364. The Labute approximate surface area is 115 Å². The standard InChI is InChI=1S/C12H18N4O2S/c1-3-8-7-9-10(18-6-5-17-4-2)14-12(16-13)15-11(9)19-8/h7H,3-6,13H2,1-2H3,(H,14,15,16). The molecule has 6 nitrogen and oxygen atoms in total. The number of aromatic nitrogens is 2. The molecule has 2 rings (SSSR count). The van der Waals surface area contributed by atoms with Crippen LogP contribution in [-0.2, 0) is 11.2 Å². The molecule has 0 aliphatic rings. The van der Waals surface area contributed by atoms with Crippen LogP contribution in [0.1, 0.15) is 18.7 Å². The minimum Gasteiger partial charge on any atom is -0.475 e. The Morgan fingerprint density at radius 2 is 2.16 bits per heavy atom. The first-order chi connectivity index (χ1) is 9.28. The van der Waals surface area contributed by atoms with Crippen molar-refractivity contribution in [2.45, 2.75) is 20.3 Å². The van der Waals surface area contributed by atoms with E-state index in [0.717, 1.165) is 16.6 Å². The number of nitrogens with zero attached hydrogens (tertiary/aromatic N) is 2. The number of nitrogens with one attached hydrogen (secondary N) is 1. The maximum atomic E-state index is 5.66. The molecule has 2 heterocycles. The number of fused-ring (bicyclic) bond motifs is 1. The summed E-state index contributed by atoms with van der Waals surface area (Å²) in [6.45, 7) is 5.73. The molecule has 3 N–H and O–H groups in total. The quantitative estimate of drug-likeness (QED) is 0.459. The zero-order valence-electron chi connectivity index (χ0n) is 11.1. The number of thiophene rings is 1. The average Bonchev–Trinajstić information content (AvgIpc) is 2.86. The summed E-state index contributed by atoms with van der Waals surface area (Å²) in [5.41, 5.74) is 2.46. The number of aryl methyl sites for hydroxylation is 1. The van der Waals surface area contributed by atoms with E-state index in [4.69, 9.17) is 15.3 Å². The van der Waals surface area contributed by atoms with Gasteiger partial charge in [0.1, 0.15) is 11.4 Å². The highest BCUT2D eigenvalue weighted by Gasteiger charge is 2.12. The van der Waals surface area contributed by atoms with E-state index in [9.17, 15) is 0 Å². The first kappa shape index (κ1) is 14.0. The molecule has 0 aliphatic heterocycles. The van der Waals surface area contributed by atoms with Gasteiger partial charge in [0.15, 0.2) is 0 Å². The molecule has 0 saturated carbocycles. The molecule has 2 aromatic heterocycles. The molecule has 0 aromatic carbocycles. The van der Waals surface area contributed by atoms with Crippen molar-refractivity contribution in [2.75, 3.05) is 25.2 Å². The monoisotopic (exact) mass is 282 g/mol. The van der Waals surface area contributed by atoms with E-state index < -0.39 is 0 Å². The minimum atomic E-state index is 0.364. The Hall–Kier alpha value is -1.44. The van der Waals surface area contributed by atoms with Crippen LogP contribution in [0.3, 0.4) is 0 Å². The van der Waals surface area contributed by atoms with Crippen LogP contribution < -0.4 is 16.0 Å². The van der Waals surface area contributed by atoms with Crippen LogP contribution in [0.25, 0.3) is 10.2 Å². The first-order valence-electron chi connectivity index (χ1n) is 6.26. The van der Waals surface area contributed by atoms with Gasteiger partial charge in [-0.05, 0) is 19.4 Å². The molecular weight excluding hydrogens is 264 g/mol. The molecule has 0 atom stereocenters. The van der Waals surface area contributed by atoms with Crippen molar-refractivity contribution in [3.05, 3.63) is 10.9 Å². The molecule has 104 valence electrons. The van der Waals surface area contributed by atoms with Gasteiger partial charge >= 0.3 is 0 Å². The second-order valence-corrected chi connectivity index (χ2v) is 4.94. The third-order valence-corrected chi connectivity index (χ3v) is 3.73. The molecule has 0 amide bonds. The fourth-order valence-electron chi connectivity index (χ4n) is 1.64. The summed E-state index contributed by atoms with van der Waals surface area (Å²) < 4.78 is 10.9. The van der Waals surface area contributed by atoms with Crippen molar-refractivity contribution in [2.24, 2.45) is 5.84 Å².